The Bertz CT molecular complexity index is 553. The summed E-state index contributed by atoms with van der Waals surface area (Å²) in [6.45, 7) is 1.68. The fourth-order valence-corrected chi connectivity index (χ4v) is 3.79. The molecule has 2 saturated heterocycles. The summed E-state index contributed by atoms with van der Waals surface area (Å²) in [6.07, 6.45) is 4.57. The third kappa shape index (κ3) is 3.51. The lowest BCUT2D eigenvalue weighted by molar-refractivity contribution is -0.134. The highest BCUT2D eigenvalue weighted by molar-refractivity contribution is 6.22. The molecule has 2 heterocycles. The summed E-state index contributed by atoms with van der Waals surface area (Å²) in [4.78, 5) is 50.0. The highest BCUT2D eigenvalue weighted by atomic mass is 16.2. The zero-order chi connectivity index (χ0) is 16.4. The molecule has 0 unspecified atom stereocenters. The van der Waals surface area contributed by atoms with Crippen LogP contribution in [0.15, 0.2) is 11.3 Å². The number of carbonyl (C=O) groups excluding carboxylic acids is 4. The third-order valence-electron chi connectivity index (χ3n) is 4.85. The molecule has 1 saturated carbocycles. The standard InChI is InChI=1S/C17H22N2O4/c20-13-4-3-5-14(21)17(13)12(19-6-1-2-7-19)8-11-9-15(22)18-16(23)10-11/h11H,1-10H2,(H,18,22,23). The van der Waals surface area contributed by atoms with E-state index < -0.39 is 0 Å². The summed E-state index contributed by atoms with van der Waals surface area (Å²) in [5, 5.41) is 2.31. The van der Waals surface area contributed by atoms with Crippen LogP contribution in [-0.2, 0) is 19.2 Å². The number of ketones is 2. The van der Waals surface area contributed by atoms with Crippen molar-refractivity contribution in [2.75, 3.05) is 13.1 Å². The van der Waals surface area contributed by atoms with Gasteiger partial charge in [0.15, 0.2) is 11.6 Å². The van der Waals surface area contributed by atoms with Crippen LogP contribution >= 0.6 is 0 Å². The number of hydrogen-bond donors (Lipinski definition) is 1. The van der Waals surface area contributed by atoms with Gasteiger partial charge in [-0.15, -0.1) is 0 Å². The predicted octanol–water partition coefficient (Wildman–Crippen LogP) is 1.10. The average Bonchev–Trinajstić information content (AvgIpc) is 2.98. The van der Waals surface area contributed by atoms with Crippen LogP contribution in [0.1, 0.15) is 51.4 Å². The molecule has 23 heavy (non-hydrogen) atoms. The lowest BCUT2D eigenvalue weighted by Gasteiger charge is -2.30. The molecule has 3 rings (SSSR count). The molecule has 0 aromatic heterocycles. The molecule has 0 radical (unpaired) electrons. The minimum Gasteiger partial charge on any atom is -0.374 e. The van der Waals surface area contributed by atoms with E-state index in [-0.39, 0.29) is 42.1 Å². The Kier molecular flexibility index (Phi) is 4.59. The Hall–Kier alpha value is -1.98. The van der Waals surface area contributed by atoms with Gasteiger partial charge < -0.3 is 4.90 Å². The van der Waals surface area contributed by atoms with Gasteiger partial charge in [-0.1, -0.05) is 0 Å². The summed E-state index contributed by atoms with van der Waals surface area (Å²) < 4.78 is 0. The van der Waals surface area contributed by atoms with Gasteiger partial charge in [0.1, 0.15) is 0 Å². The van der Waals surface area contributed by atoms with Gasteiger partial charge in [0.05, 0.1) is 5.57 Å². The SMILES string of the molecule is O=C1CC(CC(=C2C(=O)CCCC2=O)N2CCCC2)CC(=O)N1. The highest BCUT2D eigenvalue weighted by Gasteiger charge is 2.33. The summed E-state index contributed by atoms with van der Waals surface area (Å²) in [6, 6.07) is 0. The van der Waals surface area contributed by atoms with E-state index in [0.717, 1.165) is 31.6 Å². The maximum absolute atomic E-state index is 12.3. The number of nitrogens with zero attached hydrogens (tertiary/aromatic N) is 1. The number of carbonyl (C=O) groups is 4. The van der Waals surface area contributed by atoms with Crippen LogP contribution in [0.3, 0.4) is 0 Å². The van der Waals surface area contributed by atoms with Crippen molar-refractivity contribution in [3.8, 4) is 0 Å². The molecule has 1 aliphatic carbocycles. The van der Waals surface area contributed by atoms with Gasteiger partial charge >= 0.3 is 0 Å². The number of allylic oxidation sites excluding steroid dienone is 2. The quantitative estimate of drug-likeness (QED) is 0.479. The molecule has 124 valence electrons. The number of hydrogen-bond acceptors (Lipinski definition) is 5. The van der Waals surface area contributed by atoms with Crippen LogP contribution in [0.4, 0.5) is 0 Å². The Labute approximate surface area is 135 Å². The number of rotatable bonds is 3. The Balaban J connectivity index is 1.89. The van der Waals surface area contributed by atoms with Gasteiger partial charge in [0.25, 0.3) is 0 Å². The molecule has 2 amide bonds. The van der Waals surface area contributed by atoms with Crippen LogP contribution in [0.5, 0.6) is 0 Å². The first-order valence-corrected chi connectivity index (χ1v) is 8.42. The van der Waals surface area contributed by atoms with Crippen molar-refractivity contribution in [3.05, 3.63) is 11.3 Å². The van der Waals surface area contributed by atoms with E-state index in [1.54, 1.807) is 0 Å². The van der Waals surface area contributed by atoms with Crippen molar-refractivity contribution in [2.24, 2.45) is 5.92 Å². The zero-order valence-corrected chi connectivity index (χ0v) is 13.2. The second-order valence-corrected chi connectivity index (χ2v) is 6.67. The first-order chi connectivity index (χ1) is 11.0. The Morgan fingerprint density at radius 3 is 2.04 bits per heavy atom. The molecule has 6 nitrogen and oxygen atoms in total. The molecule has 2 aliphatic heterocycles. The molecule has 1 N–H and O–H groups in total. The van der Waals surface area contributed by atoms with Crippen molar-refractivity contribution in [3.63, 3.8) is 0 Å². The van der Waals surface area contributed by atoms with E-state index in [9.17, 15) is 19.2 Å². The lowest BCUT2D eigenvalue weighted by Crippen LogP contribution is -2.39. The maximum Gasteiger partial charge on any atom is 0.226 e. The molecule has 0 bridgehead atoms. The van der Waals surface area contributed by atoms with Crippen LogP contribution in [-0.4, -0.2) is 41.4 Å². The smallest absolute Gasteiger partial charge is 0.226 e. The molecular weight excluding hydrogens is 296 g/mol. The van der Waals surface area contributed by atoms with Gasteiger partial charge in [-0.2, -0.15) is 0 Å². The van der Waals surface area contributed by atoms with E-state index in [4.69, 9.17) is 0 Å². The normalized spacial score (nSPS) is 23.5. The molecule has 0 atom stereocenters. The number of Topliss-reactive ketones (excluding diaryl/α,β-unsaturated/α-hetero) is 2. The van der Waals surface area contributed by atoms with Crippen molar-refractivity contribution in [1.29, 1.82) is 0 Å². The van der Waals surface area contributed by atoms with Crippen molar-refractivity contribution in [1.82, 2.24) is 10.2 Å². The number of nitrogens with one attached hydrogen (secondary N) is 1. The maximum atomic E-state index is 12.3. The van der Waals surface area contributed by atoms with Crippen molar-refractivity contribution >= 4 is 23.4 Å². The monoisotopic (exact) mass is 318 g/mol. The fraction of sp³-hybridized carbons (Fsp3) is 0.647. The summed E-state index contributed by atoms with van der Waals surface area (Å²) in [5.74, 6) is -0.803. The third-order valence-corrected chi connectivity index (χ3v) is 4.85. The minimum absolute atomic E-state index is 0.0743. The summed E-state index contributed by atoms with van der Waals surface area (Å²) in [7, 11) is 0. The van der Waals surface area contributed by atoms with Crippen LogP contribution in [0.25, 0.3) is 0 Å². The van der Waals surface area contributed by atoms with E-state index in [1.165, 1.54) is 0 Å². The van der Waals surface area contributed by atoms with Crippen LogP contribution in [0.2, 0.25) is 0 Å². The van der Waals surface area contributed by atoms with Gasteiger partial charge in [-0.05, 0) is 31.6 Å². The van der Waals surface area contributed by atoms with Crippen LogP contribution < -0.4 is 5.32 Å². The zero-order valence-electron chi connectivity index (χ0n) is 13.2. The lowest BCUT2D eigenvalue weighted by atomic mass is 9.85. The van der Waals surface area contributed by atoms with E-state index in [0.29, 0.717) is 31.3 Å². The molecular formula is C17H22N2O4. The topological polar surface area (TPSA) is 83.6 Å². The number of imide groups is 1. The molecule has 0 aromatic rings. The first kappa shape index (κ1) is 15.9. The highest BCUT2D eigenvalue weighted by Crippen LogP contribution is 2.31. The van der Waals surface area contributed by atoms with Crippen molar-refractivity contribution in [2.45, 2.75) is 51.4 Å². The van der Waals surface area contributed by atoms with Gasteiger partial charge in [0, 0.05) is 44.5 Å². The molecule has 3 fully saturated rings. The van der Waals surface area contributed by atoms with Gasteiger partial charge in [-0.3, -0.25) is 24.5 Å². The van der Waals surface area contributed by atoms with Gasteiger partial charge in [-0.25, -0.2) is 0 Å². The number of likely N-dealkylation sites (tertiary alicyclic amines) is 1. The molecule has 6 heteroatoms. The molecule has 0 spiro atoms. The minimum atomic E-state index is -0.265. The second kappa shape index (κ2) is 6.64. The Morgan fingerprint density at radius 2 is 1.48 bits per heavy atom. The fourth-order valence-electron chi connectivity index (χ4n) is 3.79. The average molecular weight is 318 g/mol. The largest absolute Gasteiger partial charge is 0.374 e. The van der Waals surface area contributed by atoms with Crippen molar-refractivity contribution < 1.29 is 19.2 Å². The number of amides is 2. The van der Waals surface area contributed by atoms with E-state index in [1.807, 2.05) is 0 Å². The number of piperidine rings is 1. The van der Waals surface area contributed by atoms with E-state index >= 15 is 0 Å². The molecule has 0 aromatic carbocycles. The van der Waals surface area contributed by atoms with Gasteiger partial charge in [0.2, 0.25) is 11.8 Å². The molecule has 3 aliphatic rings. The first-order valence-electron chi connectivity index (χ1n) is 8.42. The summed E-state index contributed by atoms with van der Waals surface area (Å²) >= 11 is 0. The Morgan fingerprint density at radius 1 is 0.913 bits per heavy atom. The van der Waals surface area contributed by atoms with Crippen LogP contribution in [0, 0.1) is 5.92 Å². The second-order valence-electron chi connectivity index (χ2n) is 6.67. The predicted molar refractivity (Wildman–Crippen MR) is 82.2 cm³/mol. The summed E-state index contributed by atoms with van der Waals surface area (Å²) in [5.41, 5.74) is 1.13. The van der Waals surface area contributed by atoms with E-state index in [2.05, 4.69) is 10.2 Å².